The second kappa shape index (κ2) is 10.4. The Labute approximate surface area is 81.2 Å². The summed E-state index contributed by atoms with van der Waals surface area (Å²) in [6.45, 7) is 0. The molecule has 0 nitrogen and oxygen atoms in total. The molecular weight excluding hydrogens is 172 g/mol. The Balaban J connectivity index is 2.74. The van der Waals surface area contributed by atoms with Gasteiger partial charge in [0.2, 0.25) is 0 Å². The summed E-state index contributed by atoms with van der Waals surface area (Å²) in [6.07, 6.45) is 9.11. The van der Waals surface area contributed by atoms with Crippen LogP contribution in [0.4, 0.5) is 0 Å². The highest BCUT2D eigenvalue weighted by molar-refractivity contribution is 7.80. The third-order valence-electron chi connectivity index (χ3n) is 1.73. The van der Waals surface area contributed by atoms with Crippen molar-refractivity contribution in [3.8, 4) is 0 Å². The van der Waals surface area contributed by atoms with Crippen LogP contribution in [0.3, 0.4) is 0 Å². The molecule has 0 aliphatic heterocycles. The highest BCUT2D eigenvalue weighted by atomic mass is 32.1. The first-order valence-electron chi connectivity index (χ1n) is 4.46. The van der Waals surface area contributed by atoms with E-state index in [9.17, 15) is 0 Å². The van der Waals surface area contributed by atoms with Gasteiger partial charge in [0.05, 0.1) is 0 Å². The molecule has 0 aromatic carbocycles. The van der Waals surface area contributed by atoms with Crippen LogP contribution in [0.15, 0.2) is 0 Å². The molecule has 0 spiro atoms. The zero-order valence-electron chi connectivity index (χ0n) is 7.09. The largest absolute Gasteiger partial charge is 0.179 e. The third-order valence-corrected chi connectivity index (χ3v) is 2.28. The fourth-order valence-corrected chi connectivity index (χ4v) is 1.44. The summed E-state index contributed by atoms with van der Waals surface area (Å²) in [5, 5.41) is 1.84. The van der Waals surface area contributed by atoms with E-state index in [1.165, 1.54) is 38.5 Å². The van der Waals surface area contributed by atoms with Crippen molar-refractivity contribution >= 4 is 30.2 Å². The molecule has 0 radical (unpaired) electrons. The van der Waals surface area contributed by atoms with Crippen molar-refractivity contribution in [3.63, 3.8) is 0 Å². The predicted octanol–water partition coefficient (Wildman–Crippen LogP) is 3.65. The summed E-state index contributed by atoms with van der Waals surface area (Å²) in [7, 11) is 0. The van der Waals surface area contributed by atoms with E-state index < -0.39 is 0 Å². The Morgan fingerprint density at radius 3 is 2.00 bits per heavy atom. The van der Waals surface area contributed by atoms with Gasteiger partial charge in [-0.1, -0.05) is 37.9 Å². The van der Waals surface area contributed by atoms with Gasteiger partial charge < -0.3 is 0 Å². The van der Waals surface area contributed by atoms with Crippen molar-refractivity contribution in [3.05, 3.63) is 0 Å². The van der Waals surface area contributed by atoms with Gasteiger partial charge >= 0.3 is 0 Å². The normalized spacial score (nSPS) is 9.91. The van der Waals surface area contributed by atoms with E-state index in [1.54, 1.807) is 0 Å². The van der Waals surface area contributed by atoms with E-state index in [1.807, 2.05) is 5.37 Å². The standard InChI is InChI=1S/C9H18S2/c10-8-6-4-2-1-3-5-7-9-11/h8,11H,1-7,9H2. The summed E-state index contributed by atoms with van der Waals surface area (Å²) >= 11 is 8.90. The molecule has 0 aromatic rings. The molecule has 0 fully saturated rings. The van der Waals surface area contributed by atoms with E-state index in [4.69, 9.17) is 12.2 Å². The second-order valence-corrected chi connectivity index (χ2v) is 3.58. The van der Waals surface area contributed by atoms with Gasteiger partial charge in [-0.05, 0) is 30.4 Å². The summed E-state index contributed by atoms with van der Waals surface area (Å²) in [5.74, 6) is 1.04. The van der Waals surface area contributed by atoms with Crippen molar-refractivity contribution < 1.29 is 0 Å². The van der Waals surface area contributed by atoms with E-state index >= 15 is 0 Å². The molecule has 0 heterocycles. The maximum atomic E-state index is 4.74. The van der Waals surface area contributed by atoms with Crippen LogP contribution in [0.5, 0.6) is 0 Å². The number of rotatable bonds is 8. The van der Waals surface area contributed by atoms with Crippen molar-refractivity contribution in [2.75, 3.05) is 5.75 Å². The summed E-state index contributed by atoms with van der Waals surface area (Å²) in [4.78, 5) is 0. The SMILES string of the molecule is S=CCCCCCCCCS. The number of unbranched alkanes of at least 4 members (excludes halogenated alkanes) is 6. The molecule has 11 heavy (non-hydrogen) atoms. The van der Waals surface area contributed by atoms with Crippen LogP contribution in [-0.4, -0.2) is 11.1 Å². The molecule has 0 unspecified atom stereocenters. The van der Waals surface area contributed by atoms with Crippen molar-refractivity contribution in [2.45, 2.75) is 44.9 Å². The van der Waals surface area contributed by atoms with Crippen LogP contribution in [0, 0.1) is 0 Å². The number of thiocarbonyl (C=S) groups is 1. The molecular formula is C9H18S2. The van der Waals surface area contributed by atoms with E-state index in [0.717, 1.165) is 12.2 Å². The summed E-state index contributed by atoms with van der Waals surface area (Å²) < 4.78 is 0. The van der Waals surface area contributed by atoms with Gasteiger partial charge in [-0.3, -0.25) is 0 Å². The fourth-order valence-electron chi connectivity index (χ4n) is 1.05. The molecule has 0 aliphatic carbocycles. The smallest absolute Gasteiger partial charge is 0.00979 e. The number of thiol groups is 1. The molecule has 0 aromatic heterocycles. The quantitative estimate of drug-likeness (QED) is 0.346. The van der Waals surface area contributed by atoms with E-state index in [2.05, 4.69) is 12.6 Å². The van der Waals surface area contributed by atoms with Gasteiger partial charge in [0.15, 0.2) is 0 Å². The molecule has 0 N–H and O–H groups in total. The zero-order chi connectivity index (χ0) is 8.36. The molecule has 66 valence electrons. The highest BCUT2D eigenvalue weighted by Crippen LogP contribution is 2.06. The minimum absolute atomic E-state index is 1.04. The minimum atomic E-state index is 1.04. The van der Waals surface area contributed by atoms with Gasteiger partial charge in [-0.2, -0.15) is 12.6 Å². The molecule has 0 atom stereocenters. The Bertz CT molecular complexity index is 81.6. The monoisotopic (exact) mass is 190 g/mol. The number of hydrogen-bond donors (Lipinski definition) is 1. The first kappa shape index (κ1) is 11.4. The van der Waals surface area contributed by atoms with Gasteiger partial charge in [0, 0.05) is 0 Å². The van der Waals surface area contributed by atoms with Gasteiger partial charge in [-0.15, -0.1) is 0 Å². The van der Waals surface area contributed by atoms with Gasteiger partial charge in [-0.25, -0.2) is 0 Å². The van der Waals surface area contributed by atoms with Crippen LogP contribution < -0.4 is 0 Å². The van der Waals surface area contributed by atoms with Gasteiger partial charge in [0.1, 0.15) is 0 Å². The Morgan fingerprint density at radius 1 is 0.909 bits per heavy atom. The van der Waals surface area contributed by atoms with Crippen LogP contribution in [0.1, 0.15) is 44.9 Å². The third kappa shape index (κ3) is 10.4. The average Bonchev–Trinajstić information content (AvgIpc) is 2.03. The zero-order valence-corrected chi connectivity index (χ0v) is 8.80. The lowest BCUT2D eigenvalue weighted by Gasteiger charge is -1.97. The average molecular weight is 190 g/mol. The lowest BCUT2D eigenvalue weighted by Crippen LogP contribution is -1.81. The van der Waals surface area contributed by atoms with E-state index in [0.29, 0.717) is 0 Å². The molecule has 0 aliphatic rings. The Hall–Kier alpha value is 0.440. The van der Waals surface area contributed by atoms with Gasteiger partial charge in [0.25, 0.3) is 0 Å². The van der Waals surface area contributed by atoms with Crippen molar-refractivity contribution in [1.82, 2.24) is 0 Å². The topological polar surface area (TPSA) is 0 Å². The van der Waals surface area contributed by atoms with Crippen LogP contribution in [0.25, 0.3) is 0 Å². The van der Waals surface area contributed by atoms with E-state index in [-0.39, 0.29) is 0 Å². The summed E-state index contributed by atoms with van der Waals surface area (Å²) in [6, 6.07) is 0. The van der Waals surface area contributed by atoms with Crippen LogP contribution in [-0.2, 0) is 0 Å². The molecule has 0 bridgehead atoms. The molecule has 0 rings (SSSR count). The maximum Gasteiger partial charge on any atom is -0.00979 e. The molecule has 0 saturated carbocycles. The molecule has 0 saturated heterocycles. The predicted molar refractivity (Wildman–Crippen MR) is 59.8 cm³/mol. The summed E-state index contributed by atoms with van der Waals surface area (Å²) in [5.41, 5.74) is 0. The maximum absolute atomic E-state index is 4.74. The number of hydrogen-bond acceptors (Lipinski definition) is 2. The Kier molecular flexibility index (Phi) is 10.9. The first-order chi connectivity index (χ1) is 5.41. The first-order valence-corrected chi connectivity index (χ1v) is 5.56. The fraction of sp³-hybridized carbons (Fsp3) is 0.889. The molecule has 0 amide bonds. The lowest BCUT2D eigenvalue weighted by molar-refractivity contribution is 0.620. The van der Waals surface area contributed by atoms with Crippen molar-refractivity contribution in [2.24, 2.45) is 0 Å². The molecule has 2 heteroatoms. The van der Waals surface area contributed by atoms with Crippen LogP contribution >= 0.6 is 24.8 Å². The minimum Gasteiger partial charge on any atom is -0.179 e. The lowest BCUT2D eigenvalue weighted by atomic mass is 10.1. The highest BCUT2D eigenvalue weighted by Gasteiger charge is 1.88. The Morgan fingerprint density at radius 2 is 1.45 bits per heavy atom. The van der Waals surface area contributed by atoms with Crippen LogP contribution in [0.2, 0.25) is 0 Å². The second-order valence-electron chi connectivity index (χ2n) is 2.80. The van der Waals surface area contributed by atoms with Crippen molar-refractivity contribution in [1.29, 1.82) is 0 Å².